The number of carboxylic acids is 1. The van der Waals surface area contributed by atoms with E-state index in [0.29, 0.717) is 12.5 Å². The fraction of sp³-hybridized carbons (Fsp3) is 0.600. The quantitative estimate of drug-likeness (QED) is 0.484. The highest BCUT2D eigenvalue weighted by molar-refractivity contribution is 5.90. The van der Waals surface area contributed by atoms with Crippen LogP contribution in [-0.4, -0.2) is 34.9 Å². The molecule has 5 nitrogen and oxygen atoms in total. The van der Waals surface area contributed by atoms with Crippen molar-refractivity contribution in [3.05, 3.63) is 12.2 Å². The zero-order valence-corrected chi connectivity index (χ0v) is 8.68. The maximum Gasteiger partial charge on any atom is 0.331 e. The van der Waals surface area contributed by atoms with Crippen LogP contribution in [0, 0.1) is 0 Å². The number of carboxylic acid groups (broad SMARTS) is 1. The van der Waals surface area contributed by atoms with Crippen molar-refractivity contribution in [1.29, 1.82) is 0 Å². The first-order valence-corrected chi connectivity index (χ1v) is 4.82. The lowest BCUT2D eigenvalue weighted by Crippen LogP contribution is -2.20. The summed E-state index contributed by atoms with van der Waals surface area (Å²) >= 11 is 0. The van der Waals surface area contributed by atoms with Crippen LogP contribution in [0.4, 0.5) is 0 Å². The van der Waals surface area contributed by atoms with Gasteiger partial charge in [-0.2, -0.15) is 0 Å². The number of ether oxygens (including phenoxy) is 1. The van der Waals surface area contributed by atoms with Gasteiger partial charge in [0, 0.05) is 12.2 Å². The molecular weight excluding hydrogens is 200 g/mol. The summed E-state index contributed by atoms with van der Waals surface area (Å²) in [4.78, 5) is 21.1. The Morgan fingerprint density at radius 3 is 2.53 bits per heavy atom. The summed E-state index contributed by atoms with van der Waals surface area (Å²) in [5.41, 5.74) is 0. The lowest BCUT2D eigenvalue weighted by molar-refractivity contribution is -0.145. The molecule has 0 spiro atoms. The lowest BCUT2D eigenvalue weighted by atomic mass is 10.2. The van der Waals surface area contributed by atoms with Crippen molar-refractivity contribution in [2.75, 3.05) is 6.61 Å². The Hall–Kier alpha value is -1.36. The second kappa shape index (κ2) is 7.99. The number of aliphatic hydroxyl groups excluding tert-OH is 1. The van der Waals surface area contributed by atoms with Crippen molar-refractivity contribution >= 4 is 11.9 Å². The highest BCUT2D eigenvalue weighted by Crippen LogP contribution is 2.04. The van der Waals surface area contributed by atoms with E-state index in [9.17, 15) is 9.59 Å². The Kier molecular flexibility index (Phi) is 7.27. The van der Waals surface area contributed by atoms with Crippen LogP contribution >= 0.6 is 0 Å². The van der Waals surface area contributed by atoms with Gasteiger partial charge in [-0.05, 0) is 12.8 Å². The van der Waals surface area contributed by atoms with Crippen molar-refractivity contribution in [3.8, 4) is 0 Å². The van der Waals surface area contributed by atoms with Crippen molar-refractivity contribution in [1.82, 2.24) is 0 Å². The third-order valence-electron chi connectivity index (χ3n) is 1.73. The molecule has 2 N–H and O–H groups in total. The number of aliphatic carboxylic acids is 1. The molecule has 0 radical (unpaired) electrons. The molecule has 0 rings (SSSR count). The summed E-state index contributed by atoms with van der Waals surface area (Å²) in [7, 11) is 0. The number of aliphatic hydroxyl groups is 1. The van der Waals surface area contributed by atoms with Crippen molar-refractivity contribution in [2.24, 2.45) is 0 Å². The Balaban J connectivity index is 3.95. The summed E-state index contributed by atoms with van der Waals surface area (Å²) in [6.45, 7) is 1.74. The van der Waals surface area contributed by atoms with E-state index in [-0.39, 0.29) is 6.61 Å². The van der Waals surface area contributed by atoms with Crippen molar-refractivity contribution < 1.29 is 24.5 Å². The normalized spacial score (nSPS) is 12.7. The molecule has 0 fully saturated rings. The minimum Gasteiger partial charge on any atom is -0.478 e. The zero-order chi connectivity index (χ0) is 11.7. The summed E-state index contributed by atoms with van der Waals surface area (Å²) < 4.78 is 4.81. The largest absolute Gasteiger partial charge is 0.478 e. The van der Waals surface area contributed by atoms with E-state index in [4.69, 9.17) is 14.9 Å². The van der Waals surface area contributed by atoms with Gasteiger partial charge in [0.1, 0.15) is 6.10 Å². The molecule has 0 aliphatic carbocycles. The fourth-order valence-electron chi connectivity index (χ4n) is 0.962. The molecule has 0 heterocycles. The van der Waals surface area contributed by atoms with E-state index >= 15 is 0 Å². The summed E-state index contributed by atoms with van der Waals surface area (Å²) in [5, 5.41) is 17.1. The predicted molar refractivity (Wildman–Crippen MR) is 53.3 cm³/mol. The number of carbonyl (C=O) groups is 2. The smallest absolute Gasteiger partial charge is 0.331 e. The first-order valence-electron chi connectivity index (χ1n) is 4.82. The second-order valence-electron chi connectivity index (χ2n) is 3.06. The van der Waals surface area contributed by atoms with E-state index in [2.05, 4.69) is 0 Å². The minimum atomic E-state index is -1.21. The second-order valence-corrected chi connectivity index (χ2v) is 3.06. The molecular formula is C10H16O5. The first kappa shape index (κ1) is 13.6. The van der Waals surface area contributed by atoms with Crippen molar-refractivity contribution in [3.63, 3.8) is 0 Å². The molecule has 0 aromatic heterocycles. The molecule has 5 heteroatoms. The molecule has 86 valence electrons. The van der Waals surface area contributed by atoms with Crippen LogP contribution in [0.5, 0.6) is 0 Å². The van der Waals surface area contributed by atoms with Gasteiger partial charge in [-0.1, -0.05) is 13.3 Å². The topological polar surface area (TPSA) is 83.8 Å². The number of rotatable bonds is 7. The van der Waals surface area contributed by atoms with Crippen LogP contribution in [0.3, 0.4) is 0 Å². The van der Waals surface area contributed by atoms with Crippen LogP contribution < -0.4 is 0 Å². The fourth-order valence-corrected chi connectivity index (χ4v) is 0.962. The highest BCUT2D eigenvalue weighted by atomic mass is 16.5. The van der Waals surface area contributed by atoms with Gasteiger partial charge in [0.05, 0.1) is 6.61 Å². The Bertz CT molecular complexity index is 234. The maximum atomic E-state index is 11.0. The summed E-state index contributed by atoms with van der Waals surface area (Å²) in [6, 6.07) is 0. The van der Waals surface area contributed by atoms with Gasteiger partial charge in [0.2, 0.25) is 0 Å². The van der Waals surface area contributed by atoms with Gasteiger partial charge in [0.25, 0.3) is 0 Å². The molecule has 1 atom stereocenters. The van der Waals surface area contributed by atoms with Crippen LogP contribution in [0.1, 0.15) is 26.2 Å². The number of hydrogen-bond acceptors (Lipinski definition) is 4. The molecule has 15 heavy (non-hydrogen) atoms. The monoisotopic (exact) mass is 216 g/mol. The van der Waals surface area contributed by atoms with E-state index in [1.165, 1.54) is 0 Å². The van der Waals surface area contributed by atoms with Crippen LogP contribution in [0.2, 0.25) is 0 Å². The highest BCUT2D eigenvalue weighted by Gasteiger charge is 2.10. The molecule has 1 unspecified atom stereocenters. The van der Waals surface area contributed by atoms with Gasteiger partial charge in [0.15, 0.2) is 0 Å². The molecule has 0 saturated carbocycles. The molecule has 0 aliphatic heterocycles. The molecule has 0 aromatic carbocycles. The number of carbonyl (C=O) groups excluding carboxylic acids is 1. The zero-order valence-electron chi connectivity index (χ0n) is 8.68. The van der Waals surface area contributed by atoms with Gasteiger partial charge in [-0.15, -0.1) is 0 Å². The Morgan fingerprint density at radius 2 is 2.07 bits per heavy atom. The summed E-state index contributed by atoms with van der Waals surface area (Å²) in [6.07, 6.45) is 3.36. The van der Waals surface area contributed by atoms with E-state index in [1.54, 1.807) is 0 Å². The Labute approximate surface area is 88.4 Å². The van der Waals surface area contributed by atoms with Gasteiger partial charge < -0.3 is 14.9 Å². The van der Waals surface area contributed by atoms with E-state index < -0.39 is 18.0 Å². The lowest BCUT2D eigenvalue weighted by Gasteiger charge is -2.13. The number of esters is 1. The van der Waals surface area contributed by atoms with Crippen LogP contribution in [-0.2, 0) is 14.3 Å². The average molecular weight is 216 g/mol. The van der Waals surface area contributed by atoms with E-state index in [0.717, 1.165) is 18.9 Å². The van der Waals surface area contributed by atoms with Gasteiger partial charge in [-0.3, -0.25) is 0 Å². The SMILES string of the molecule is CCCCC(CO)OC(=O)/C=C/C(=O)O. The number of unbranched alkanes of at least 4 members (excludes halogenated alkanes) is 1. The third-order valence-corrected chi connectivity index (χ3v) is 1.73. The standard InChI is InChI=1S/C10H16O5/c1-2-3-4-8(7-11)15-10(14)6-5-9(12)13/h5-6,8,11H,2-4,7H2,1H3,(H,12,13)/b6-5+. The molecule has 0 aliphatic rings. The van der Waals surface area contributed by atoms with Crippen LogP contribution in [0.25, 0.3) is 0 Å². The molecule has 0 aromatic rings. The van der Waals surface area contributed by atoms with Gasteiger partial charge >= 0.3 is 11.9 Å². The first-order chi connectivity index (χ1) is 7.10. The molecule has 0 amide bonds. The summed E-state index contributed by atoms with van der Waals surface area (Å²) in [5.74, 6) is -1.95. The molecule has 0 bridgehead atoms. The predicted octanol–water partition coefficient (Wildman–Crippen LogP) is 0.721. The Morgan fingerprint density at radius 1 is 1.40 bits per heavy atom. The maximum absolute atomic E-state index is 11.0. The minimum absolute atomic E-state index is 0.243. The van der Waals surface area contributed by atoms with Gasteiger partial charge in [-0.25, -0.2) is 9.59 Å². The van der Waals surface area contributed by atoms with E-state index in [1.807, 2.05) is 6.92 Å². The third kappa shape index (κ3) is 7.69. The van der Waals surface area contributed by atoms with Crippen LogP contribution in [0.15, 0.2) is 12.2 Å². The number of hydrogen-bond donors (Lipinski definition) is 2. The molecule has 0 saturated heterocycles. The van der Waals surface area contributed by atoms with Crippen molar-refractivity contribution in [2.45, 2.75) is 32.3 Å². The average Bonchev–Trinajstić information content (AvgIpc) is 2.21.